The molecule has 112 valence electrons. The van der Waals surface area contributed by atoms with Crippen LogP contribution in [0.3, 0.4) is 0 Å². The highest BCUT2D eigenvalue weighted by Gasteiger charge is 2.17. The lowest BCUT2D eigenvalue weighted by Gasteiger charge is -2.16. The third-order valence-electron chi connectivity index (χ3n) is 3.19. The van der Waals surface area contributed by atoms with Gasteiger partial charge in [0, 0.05) is 20.1 Å². The van der Waals surface area contributed by atoms with Crippen molar-refractivity contribution in [2.45, 2.75) is 19.4 Å². The van der Waals surface area contributed by atoms with Crippen molar-refractivity contribution < 1.29 is 0 Å². The molecule has 1 saturated heterocycles. The van der Waals surface area contributed by atoms with Crippen LogP contribution in [0.1, 0.15) is 18.7 Å². The molecule has 2 aromatic rings. The van der Waals surface area contributed by atoms with E-state index in [4.69, 9.17) is 5.84 Å². The van der Waals surface area contributed by atoms with Crippen LogP contribution in [0.4, 0.5) is 17.8 Å². The molecule has 1 aliphatic heterocycles. The van der Waals surface area contributed by atoms with Crippen LogP contribution in [0, 0.1) is 0 Å². The maximum atomic E-state index is 5.42. The van der Waals surface area contributed by atoms with Crippen LogP contribution in [-0.4, -0.2) is 42.8 Å². The first kappa shape index (κ1) is 13.5. The van der Waals surface area contributed by atoms with E-state index in [1.807, 2.05) is 7.05 Å². The average Bonchev–Trinajstić information content (AvgIpc) is 3.16. The predicted octanol–water partition coefficient (Wildman–Crippen LogP) is -0.502. The van der Waals surface area contributed by atoms with Crippen molar-refractivity contribution in [2.24, 2.45) is 12.9 Å². The van der Waals surface area contributed by atoms with Gasteiger partial charge in [-0.15, -0.1) is 0 Å². The van der Waals surface area contributed by atoms with Crippen LogP contribution in [0.2, 0.25) is 0 Å². The summed E-state index contributed by atoms with van der Waals surface area (Å²) in [6.07, 6.45) is 3.95. The number of nitrogens with one attached hydrogen (secondary N) is 2. The first-order valence-corrected chi connectivity index (χ1v) is 6.80. The number of nitrogens with zero attached hydrogens (tertiary/aromatic N) is 7. The molecule has 0 radical (unpaired) electrons. The van der Waals surface area contributed by atoms with E-state index in [0.29, 0.717) is 30.2 Å². The number of hydrogen-bond acceptors (Lipinski definition) is 9. The van der Waals surface area contributed by atoms with Crippen molar-refractivity contribution in [3.63, 3.8) is 0 Å². The lowest BCUT2D eigenvalue weighted by molar-refractivity contribution is 0.746. The fourth-order valence-electron chi connectivity index (χ4n) is 2.19. The van der Waals surface area contributed by atoms with E-state index < -0.39 is 0 Å². The highest BCUT2D eigenvalue weighted by atomic mass is 15.4. The number of rotatable bonds is 5. The standard InChI is InChI=1S/C11H18N10/c1-20-7-14-8(19-20)6-13-9-15-10(18-12)17-11(16-9)21-4-2-3-5-21/h7H,2-6,12H2,1H3,(H2,13,15,16,17,18). The van der Waals surface area contributed by atoms with Gasteiger partial charge in [-0.05, 0) is 12.8 Å². The molecule has 2 aromatic heterocycles. The summed E-state index contributed by atoms with van der Waals surface area (Å²) in [5, 5.41) is 7.28. The molecule has 1 fully saturated rings. The fourth-order valence-corrected chi connectivity index (χ4v) is 2.19. The summed E-state index contributed by atoms with van der Waals surface area (Å²) in [7, 11) is 1.82. The molecule has 1 aliphatic rings. The third kappa shape index (κ3) is 3.16. The Balaban J connectivity index is 1.75. The molecule has 21 heavy (non-hydrogen) atoms. The largest absolute Gasteiger partial charge is 0.347 e. The SMILES string of the molecule is Cn1cnc(CNc2nc(NN)nc(N3CCCC3)n2)n1. The summed E-state index contributed by atoms with van der Waals surface area (Å²) in [6.45, 7) is 2.35. The first-order chi connectivity index (χ1) is 10.2. The molecule has 0 unspecified atom stereocenters. The summed E-state index contributed by atoms with van der Waals surface area (Å²) in [4.78, 5) is 19.2. The highest BCUT2D eigenvalue weighted by Crippen LogP contribution is 2.18. The fraction of sp³-hybridized carbons (Fsp3) is 0.545. The molecule has 10 heteroatoms. The van der Waals surface area contributed by atoms with Gasteiger partial charge < -0.3 is 10.2 Å². The molecule has 3 heterocycles. The normalized spacial score (nSPS) is 14.5. The number of hydrazine groups is 1. The Bertz CT molecular complexity index is 603. The van der Waals surface area contributed by atoms with E-state index >= 15 is 0 Å². The zero-order chi connectivity index (χ0) is 14.7. The van der Waals surface area contributed by atoms with Gasteiger partial charge in [-0.2, -0.15) is 20.1 Å². The second-order valence-corrected chi connectivity index (χ2v) is 4.81. The van der Waals surface area contributed by atoms with Gasteiger partial charge in [0.15, 0.2) is 5.82 Å². The molecule has 0 bridgehead atoms. The lowest BCUT2D eigenvalue weighted by Crippen LogP contribution is -2.23. The minimum atomic E-state index is 0.336. The van der Waals surface area contributed by atoms with E-state index in [0.717, 1.165) is 25.9 Å². The Kier molecular flexibility index (Phi) is 3.77. The van der Waals surface area contributed by atoms with Crippen molar-refractivity contribution in [1.29, 1.82) is 0 Å². The lowest BCUT2D eigenvalue weighted by atomic mass is 10.4. The third-order valence-corrected chi connectivity index (χ3v) is 3.19. The molecular formula is C11H18N10. The molecule has 0 aromatic carbocycles. The van der Waals surface area contributed by atoms with Gasteiger partial charge in [0.2, 0.25) is 17.8 Å². The second-order valence-electron chi connectivity index (χ2n) is 4.81. The van der Waals surface area contributed by atoms with Gasteiger partial charge in [-0.1, -0.05) is 0 Å². The number of hydrogen-bond donors (Lipinski definition) is 3. The van der Waals surface area contributed by atoms with Crippen LogP contribution in [0.15, 0.2) is 6.33 Å². The van der Waals surface area contributed by atoms with Crippen molar-refractivity contribution >= 4 is 17.8 Å². The Hall–Kier alpha value is -2.49. The highest BCUT2D eigenvalue weighted by molar-refractivity contribution is 5.43. The topological polar surface area (TPSA) is 123 Å². The Labute approximate surface area is 121 Å². The predicted molar refractivity (Wildman–Crippen MR) is 77.4 cm³/mol. The monoisotopic (exact) mass is 290 g/mol. The van der Waals surface area contributed by atoms with Crippen molar-refractivity contribution in [1.82, 2.24) is 29.7 Å². The number of aryl methyl sites for hydroxylation is 1. The van der Waals surface area contributed by atoms with Crippen LogP contribution < -0.4 is 21.5 Å². The maximum Gasteiger partial charge on any atom is 0.243 e. The van der Waals surface area contributed by atoms with Gasteiger partial charge in [-0.25, -0.2) is 10.8 Å². The Morgan fingerprint density at radius 1 is 1.19 bits per heavy atom. The van der Waals surface area contributed by atoms with E-state index in [1.165, 1.54) is 0 Å². The van der Waals surface area contributed by atoms with Crippen LogP contribution in [0.5, 0.6) is 0 Å². The van der Waals surface area contributed by atoms with Crippen LogP contribution in [-0.2, 0) is 13.6 Å². The van der Waals surface area contributed by atoms with E-state index in [1.54, 1.807) is 11.0 Å². The summed E-state index contributed by atoms with van der Waals surface area (Å²) in [6, 6.07) is 0. The van der Waals surface area contributed by atoms with Gasteiger partial charge in [0.25, 0.3) is 0 Å². The van der Waals surface area contributed by atoms with Crippen molar-refractivity contribution in [3.05, 3.63) is 12.2 Å². The molecule has 0 aliphatic carbocycles. The quantitative estimate of drug-likeness (QED) is 0.494. The minimum Gasteiger partial charge on any atom is -0.347 e. The summed E-state index contributed by atoms with van der Waals surface area (Å²) >= 11 is 0. The number of anilines is 3. The van der Waals surface area contributed by atoms with Gasteiger partial charge in [0.05, 0.1) is 6.54 Å². The van der Waals surface area contributed by atoms with Crippen LogP contribution >= 0.6 is 0 Å². The summed E-state index contributed by atoms with van der Waals surface area (Å²) in [5.41, 5.74) is 2.47. The van der Waals surface area contributed by atoms with Crippen LogP contribution in [0.25, 0.3) is 0 Å². The first-order valence-electron chi connectivity index (χ1n) is 6.80. The molecule has 4 N–H and O–H groups in total. The van der Waals surface area contributed by atoms with Gasteiger partial charge in [0.1, 0.15) is 6.33 Å². The second kappa shape index (κ2) is 5.87. The van der Waals surface area contributed by atoms with Gasteiger partial charge >= 0.3 is 0 Å². The minimum absolute atomic E-state index is 0.336. The molecule has 0 amide bonds. The van der Waals surface area contributed by atoms with Gasteiger partial charge in [-0.3, -0.25) is 10.1 Å². The zero-order valence-electron chi connectivity index (χ0n) is 11.8. The maximum absolute atomic E-state index is 5.42. The molecule has 10 nitrogen and oxygen atoms in total. The summed E-state index contributed by atoms with van der Waals surface area (Å²) in [5.74, 6) is 7.51. The molecule has 0 atom stereocenters. The number of aromatic nitrogens is 6. The molecule has 0 saturated carbocycles. The molecular weight excluding hydrogens is 272 g/mol. The molecule has 0 spiro atoms. The smallest absolute Gasteiger partial charge is 0.243 e. The Morgan fingerprint density at radius 3 is 2.62 bits per heavy atom. The van der Waals surface area contributed by atoms with E-state index in [9.17, 15) is 0 Å². The Morgan fingerprint density at radius 2 is 1.95 bits per heavy atom. The number of nitrogens with two attached hydrogens (primary N) is 1. The van der Waals surface area contributed by atoms with E-state index in [-0.39, 0.29) is 0 Å². The average molecular weight is 290 g/mol. The van der Waals surface area contributed by atoms with E-state index in [2.05, 4.69) is 40.7 Å². The summed E-state index contributed by atoms with van der Waals surface area (Å²) < 4.78 is 1.65. The van der Waals surface area contributed by atoms with Crippen molar-refractivity contribution in [3.8, 4) is 0 Å². The van der Waals surface area contributed by atoms with Crippen molar-refractivity contribution in [2.75, 3.05) is 28.7 Å². The molecule has 3 rings (SSSR count). The zero-order valence-corrected chi connectivity index (χ0v) is 11.8. The number of nitrogen functional groups attached to an aromatic ring is 1.